The van der Waals surface area contributed by atoms with Gasteiger partial charge in [0.25, 0.3) is 5.91 Å². The van der Waals surface area contributed by atoms with Gasteiger partial charge in [0.05, 0.1) is 17.0 Å². The maximum atomic E-state index is 12.7. The SMILES string of the molecule is O=C(Cc1cccs1)NC1CCN(C(=O)c2cc(-c3cccs3)[nH]n2)CC1. The van der Waals surface area contributed by atoms with E-state index in [1.54, 1.807) is 22.7 Å². The number of aromatic nitrogens is 2. The van der Waals surface area contributed by atoms with Crippen LogP contribution in [0.3, 0.4) is 0 Å². The predicted octanol–water partition coefficient (Wildman–Crippen LogP) is 3.16. The molecule has 3 aromatic heterocycles. The van der Waals surface area contributed by atoms with Crippen molar-refractivity contribution >= 4 is 34.5 Å². The Hall–Kier alpha value is -2.45. The first-order chi connectivity index (χ1) is 13.2. The van der Waals surface area contributed by atoms with Crippen molar-refractivity contribution in [3.8, 4) is 10.6 Å². The van der Waals surface area contributed by atoms with Gasteiger partial charge in [-0.15, -0.1) is 22.7 Å². The molecule has 140 valence electrons. The van der Waals surface area contributed by atoms with E-state index in [4.69, 9.17) is 0 Å². The molecule has 0 aromatic carbocycles. The van der Waals surface area contributed by atoms with Gasteiger partial charge in [0.1, 0.15) is 0 Å². The third-order valence-corrected chi connectivity index (χ3v) is 6.43. The minimum absolute atomic E-state index is 0.0510. The summed E-state index contributed by atoms with van der Waals surface area (Å²) in [5, 5.41) is 14.2. The Labute approximate surface area is 165 Å². The van der Waals surface area contributed by atoms with Crippen molar-refractivity contribution in [3.63, 3.8) is 0 Å². The molecule has 1 saturated heterocycles. The van der Waals surface area contributed by atoms with Crippen molar-refractivity contribution in [2.24, 2.45) is 0 Å². The summed E-state index contributed by atoms with van der Waals surface area (Å²) in [7, 11) is 0. The molecular formula is C19H20N4O2S2. The topological polar surface area (TPSA) is 78.1 Å². The Morgan fingerprint density at radius 3 is 2.67 bits per heavy atom. The molecule has 6 nitrogen and oxygen atoms in total. The van der Waals surface area contributed by atoms with Crippen molar-refractivity contribution in [1.29, 1.82) is 0 Å². The maximum Gasteiger partial charge on any atom is 0.274 e. The number of H-pyrrole nitrogens is 1. The third-order valence-electron chi connectivity index (χ3n) is 4.65. The molecule has 0 unspecified atom stereocenters. The van der Waals surface area contributed by atoms with Crippen LogP contribution >= 0.6 is 22.7 Å². The summed E-state index contributed by atoms with van der Waals surface area (Å²) in [5.74, 6) is -0.00691. The molecule has 8 heteroatoms. The van der Waals surface area contributed by atoms with Gasteiger partial charge >= 0.3 is 0 Å². The van der Waals surface area contributed by atoms with Crippen LogP contribution in [0.2, 0.25) is 0 Å². The van der Waals surface area contributed by atoms with Crippen LogP contribution in [0.15, 0.2) is 41.1 Å². The number of amides is 2. The largest absolute Gasteiger partial charge is 0.353 e. The summed E-state index contributed by atoms with van der Waals surface area (Å²) >= 11 is 3.20. The number of rotatable bonds is 5. The second-order valence-electron chi connectivity index (χ2n) is 6.53. The van der Waals surface area contributed by atoms with Gasteiger partial charge < -0.3 is 10.2 Å². The number of carbonyl (C=O) groups excluding carboxylic acids is 2. The van der Waals surface area contributed by atoms with E-state index in [1.807, 2.05) is 46.0 Å². The highest BCUT2D eigenvalue weighted by atomic mass is 32.1. The van der Waals surface area contributed by atoms with E-state index in [-0.39, 0.29) is 17.9 Å². The lowest BCUT2D eigenvalue weighted by molar-refractivity contribution is -0.121. The van der Waals surface area contributed by atoms with Crippen LogP contribution in [0.5, 0.6) is 0 Å². The first-order valence-corrected chi connectivity index (χ1v) is 10.7. The van der Waals surface area contributed by atoms with E-state index in [0.29, 0.717) is 25.2 Å². The molecule has 2 N–H and O–H groups in total. The van der Waals surface area contributed by atoms with Gasteiger partial charge in [-0.3, -0.25) is 14.7 Å². The number of carbonyl (C=O) groups is 2. The summed E-state index contributed by atoms with van der Waals surface area (Å²) in [6.45, 7) is 1.26. The summed E-state index contributed by atoms with van der Waals surface area (Å²) < 4.78 is 0. The second-order valence-corrected chi connectivity index (χ2v) is 8.51. The van der Waals surface area contributed by atoms with Gasteiger partial charge in [-0.1, -0.05) is 12.1 Å². The third kappa shape index (κ3) is 4.28. The summed E-state index contributed by atoms with van der Waals surface area (Å²) in [5.41, 5.74) is 1.31. The van der Waals surface area contributed by atoms with Crippen molar-refractivity contribution < 1.29 is 9.59 Å². The minimum atomic E-state index is -0.0579. The fraction of sp³-hybridized carbons (Fsp3) is 0.316. The summed E-state index contributed by atoms with van der Waals surface area (Å²) in [6.07, 6.45) is 1.96. The molecule has 3 aromatic rings. The molecule has 4 rings (SSSR count). The van der Waals surface area contributed by atoms with E-state index in [1.165, 1.54) is 0 Å². The Morgan fingerprint density at radius 2 is 1.96 bits per heavy atom. The van der Waals surface area contributed by atoms with Crippen LogP contribution in [0.25, 0.3) is 10.6 Å². The van der Waals surface area contributed by atoms with Crippen molar-refractivity contribution in [2.75, 3.05) is 13.1 Å². The number of nitrogens with one attached hydrogen (secondary N) is 2. The molecule has 0 bridgehead atoms. The molecule has 0 saturated carbocycles. The predicted molar refractivity (Wildman–Crippen MR) is 107 cm³/mol. The molecule has 4 heterocycles. The zero-order valence-electron chi connectivity index (χ0n) is 14.7. The molecule has 1 fully saturated rings. The highest BCUT2D eigenvalue weighted by Crippen LogP contribution is 2.24. The van der Waals surface area contributed by atoms with Crippen LogP contribution in [-0.2, 0) is 11.2 Å². The first kappa shape index (κ1) is 17.9. The van der Waals surface area contributed by atoms with E-state index in [9.17, 15) is 9.59 Å². The number of hydrogen-bond donors (Lipinski definition) is 2. The van der Waals surface area contributed by atoms with Crippen LogP contribution < -0.4 is 5.32 Å². The Balaban J connectivity index is 1.28. The fourth-order valence-corrected chi connectivity index (χ4v) is 4.62. The lowest BCUT2D eigenvalue weighted by Crippen LogP contribution is -2.46. The van der Waals surface area contributed by atoms with Crippen molar-refractivity contribution in [3.05, 3.63) is 51.7 Å². The van der Waals surface area contributed by atoms with Crippen molar-refractivity contribution in [1.82, 2.24) is 20.4 Å². The lowest BCUT2D eigenvalue weighted by atomic mass is 10.0. The normalized spacial score (nSPS) is 15.0. The van der Waals surface area contributed by atoms with Gasteiger partial charge in [0.2, 0.25) is 5.91 Å². The van der Waals surface area contributed by atoms with Crippen LogP contribution in [0.1, 0.15) is 28.2 Å². The molecular weight excluding hydrogens is 380 g/mol. The molecule has 1 aliphatic heterocycles. The van der Waals surface area contributed by atoms with E-state index in [0.717, 1.165) is 28.3 Å². The number of aromatic amines is 1. The van der Waals surface area contributed by atoms with Gasteiger partial charge in [-0.2, -0.15) is 5.10 Å². The van der Waals surface area contributed by atoms with Gasteiger partial charge in [-0.25, -0.2) is 0 Å². The highest BCUT2D eigenvalue weighted by Gasteiger charge is 2.26. The Kier molecular flexibility index (Phi) is 5.35. The average Bonchev–Trinajstić information content (AvgIpc) is 3.43. The first-order valence-electron chi connectivity index (χ1n) is 8.89. The number of thiophene rings is 2. The zero-order valence-corrected chi connectivity index (χ0v) is 16.3. The van der Waals surface area contributed by atoms with Crippen LogP contribution in [0, 0.1) is 0 Å². The quantitative estimate of drug-likeness (QED) is 0.691. The molecule has 1 aliphatic rings. The van der Waals surface area contributed by atoms with E-state index >= 15 is 0 Å². The van der Waals surface area contributed by atoms with Crippen molar-refractivity contribution in [2.45, 2.75) is 25.3 Å². The standard InChI is InChI=1S/C19H20N4O2S2/c24-18(11-14-3-1-9-26-14)20-13-5-7-23(8-6-13)19(25)16-12-15(21-22-16)17-4-2-10-27-17/h1-4,9-10,12-13H,5-8,11H2,(H,20,24)(H,21,22). The second kappa shape index (κ2) is 8.06. The lowest BCUT2D eigenvalue weighted by Gasteiger charge is -2.32. The Morgan fingerprint density at radius 1 is 1.19 bits per heavy atom. The van der Waals surface area contributed by atoms with Gasteiger partial charge in [-0.05, 0) is 41.8 Å². The van der Waals surface area contributed by atoms with Crippen LogP contribution in [-0.4, -0.2) is 46.0 Å². The number of likely N-dealkylation sites (tertiary alicyclic amines) is 1. The van der Waals surface area contributed by atoms with E-state index < -0.39 is 0 Å². The highest BCUT2D eigenvalue weighted by molar-refractivity contribution is 7.13. The zero-order chi connectivity index (χ0) is 18.6. The number of hydrogen-bond acceptors (Lipinski definition) is 5. The molecule has 0 atom stereocenters. The number of nitrogens with zero attached hydrogens (tertiary/aromatic N) is 2. The van der Waals surface area contributed by atoms with Gasteiger partial charge in [0.15, 0.2) is 5.69 Å². The molecule has 2 amide bonds. The molecule has 27 heavy (non-hydrogen) atoms. The number of piperidine rings is 1. The summed E-state index contributed by atoms with van der Waals surface area (Å²) in [6, 6.07) is 9.83. The summed E-state index contributed by atoms with van der Waals surface area (Å²) in [4.78, 5) is 28.8. The monoisotopic (exact) mass is 400 g/mol. The molecule has 0 radical (unpaired) electrons. The van der Waals surface area contributed by atoms with Gasteiger partial charge in [0, 0.05) is 24.0 Å². The maximum absolute atomic E-state index is 12.7. The van der Waals surface area contributed by atoms with E-state index in [2.05, 4.69) is 15.5 Å². The Bertz CT molecular complexity index is 894. The molecule has 0 spiro atoms. The average molecular weight is 401 g/mol. The van der Waals surface area contributed by atoms with Crippen LogP contribution in [0.4, 0.5) is 0 Å². The smallest absolute Gasteiger partial charge is 0.274 e. The minimum Gasteiger partial charge on any atom is -0.353 e. The molecule has 0 aliphatic carbocycles. The fourth-order valence-electron chi connectivity index (χ4n) is 3.23.